The molecule has 1 heterocycles. The van der Waals surface area contributed by atoms with Gasteiger partial charge in [-0.3, -0.25) is 4.79 Å². The summed E-state index contributed by atoms with van der Waals surface area (Å²) >= 11 is 0. The van der Waals surface area contributed by atoms with E-state index in [2.05, 4.69) is 5.32 Å². The van der Waals surface area contributed by atoms with Gasteiger partial charge in [0, 0.05) is 6.26 Å². The predicted octanol–water partition coefficient (Wildman–Crippen LogP) is 1.94. The van der Waals surface area contributed by atoms with Crippen molar-refractivity contribution in [3.05, 3.63) is 48.4 Å². The first-order chi connectivity index (χ1) is 10.4. The first kappa shape index (κ1) is 16.1. The molecule has 0 saturated carbocycles. The molecule has 0 bridgehead atoms. The van der Waals surface area contributed by atoms with Crippen LogP contribution in [0, 0.1) is 0 Å². The van der Waals surface area contributed by atoms with Gasteiger partial charge in [0.2, 0.25) is 0 Å². The van der Waals surface area contributed by atoms with Crippen LogP contribution in [-0.2, 0) is 14.6 Å². The second-order valence-electron chi connectivity index (χ2n) is 4.84. The molecular formula is C15H17NO5S. The van der Waals surface area contributed by atoms with E-state index in [4.69, 9.17) is 9.15 Å². The fraction of sp³-hybridized carbons (Fsp3) is 0.267. The molecule has 1 amide bonds. The maximum absolute atomic E-state index is 11.8. The molecule has 0 radical (unpaired) electrons. The highest BCUT2D eigenvalue weighted by atomic mass is 32.2. The van der Waals surface area contributed by atoms with Crippen molar-refractivity contribution in [2.24, 2.45) is 0 Å². The molecule has 1 atom stereocenters. The number of hydrogen-bond acceptors (Lipinski definition) is 5. The summed E-state index contributed by atoms with van der Waals surface area (Å²) in [5, 5.41) is 2.73. The average molecular weight is 323 g/mol. The van der Waals surface area contributed by atoms with Crippen molar-refractivity contribution >= 4 is 15.7 Å². The van der Waals surface area contributed by atoms with Gasteiger partial charge in [-0.05, 0) is 43.3 Å². The first-order valence-electron chi connectivity index (χ1n) is 6.62. The van der Waals surface area contributed by atoms with Crippen molar-refractivity contribution in [3.8, 4) is 5.75 Å². The van der Waals surface area contributed by atoms with E-state index in [9.17, 15) is 13.2 Å². The van der Waals surface area contributed by atoms with E-state index in [1.807, 2.05) is 0 Å². The van der Waals surface area contributed by atoms with E-state index < -0.39 is 9.84 Å². The monoisotopic (exact) mass is 323 g/mol. The van der Waals surface area contributed by atoms with Crippen molar-refractivity contribution in [1.29, 1.82) is 0 Å². The van der Waals surface area contributed by atoms with Crippen molar-refractivity contribution in [3.63, 3.8) is 0 Å². The van der Waals surface area contributed by atoms with E-state index in [-0.39, 0.29) is 23.5 Å². The highest BCUT2D eigenvalue weighted by Crippen LogP contribution is 2.16. The minimum absolute atomic E-state index is 0.163. The fourth-order valence-corrected chi connectivity index (χ4v) is 2.45. The maximum atomic E-state index is 11.8. The van der Waals surface area contributed by atoms with E-state index in [0.717, 1.165) is 6.26 Å². The van der Waals surface area contributed by atoms with Crippen molar-refractivity contribution in [2.45, 2.75) is 17.9 Å². The van der Waals surface area contributed by atoms with Crippen LogP contribution in [-0.4, -0.2) is 27.2 Å². The molecule has 22 heavy (non-hydrogen) atoms. The normalized spacial score (nSPS) is 12.6. The number of sulfone groups is 1. The van der Waals surface area contributed by atoms with E-state index in [1.54, 1.807) is 19.1 Å². The molecule has 0 aliphatic rings. The highest BCUT2D eigenvalue weighted by Gasteiger charge is 2.12. The largest absolute Gasteiger partial charge is 0.484 e. The van der Waals surface area contributed by atoms with Gasteiger partial charge in [-0.15, -0.1) is 0 Å². The second-order valence-corrected chi connectivity index (χ2v) is 6.85. The molecule has 2 rings (SSSR count). The lowest BCUT2D eigenvalue weighted by Gasteiger charge is -2.12. The minimum Gasteiger partial charge on any atom is -0.484 e. The van der Waals surface area contributed by atoms with Crippen LogP contribution < -0.4 is 10.1 Å². The van der Waals surface area contributed by atoms with Gasteiger partial charge in [0.05, 0.1) is 17.2 Å². The van der Waals surface area contributed by atoms with Gasteiger partial charge < -0.3 is 14.5 Å². The summed E-state index contributed by atoms with van der Waals surface area (Å²) in [5.74, 6) is 0.787. The summed E-state index contributed by atoms with van der Waals surface area (Å²) in [4.78, 5) is 12.0. The van der Waals surface area contributed by atoms with Gasteiger partial charge in [0.15, 0.2) is 16.4 Å². The summed E-state index contributed by atoms with van der Waals surface area (Å²) in [6.07, 6.45) is 2.67. The molecule has 118 valence electrons. The molecule has 0 spiro atoms. The van der Waals surface area contributed by atoms with Crippen LogP contribution in [0.25, 0.3) is 0 Å². The molecular weight excluding hydrogens is 306 g/mol. The second kappa shape index (κ2) is 6.65. The molecule has 0 aliphatic carbocycles. The third kappa shape index (κ3) is 4.36. The van der Waals surface area contributed by atoms with Gasteiger partial charge >= 0.3 is 0 Å². The molecule has 1 N–H and O–H groups in total. The lowest BCUT2D eigenvalue weighted by atomic mass is 10.2. The number of benzene rings is 1. The lowest BCUT2D eigenvalue weighted by molar-refractivity contribution is -0.123. The Balaban J connectivity index is 1.86. The Kier molecular flexibility index (Phi) is 4.87. The highest BCUT2D eigenvalue weighted by molar-refractivity contribution is 7.90. The first-order valence-corrected chi connectivity index (χ1v) is 8.51. The van der Waals surface area contributed by atoms with Crippen LogP contribution in [0.2, 0.25) is 0 Å². The SMILES string of the molecule is C[C@H](NC(=O)COc1ccc(S(C)(=O)=O)cc1)c1ccco1. The lowest BCUT2D eigenvalue weighted by Crippen LogP contribution is -2.31. The average Bonchev–Trinajstić information content (AvgIpc) is 2.99. The number of ether oxygens (including phenoxy) is 1. The zero-order chi connectivity index (χ0) is 16.2. The summed E-state index contributed by atoms with van der Waals surface area (Å²) in [6, 6.07) is 9.17. The number of carbonyl (C=O) groups excluding carboxylic acids is 1. The Bertz CT molecular complexity index is 720. The number of carbonyl (C=O) groups is 1. The Morgan fingerprint density at radius 1 is 1.27 bits per heavy atom. The summed E-state index contributed by atoms with van der Waals surface area (Å²) < 4.78 is 33.2. The summed E-state index contributed by atoms with van der Waals surface area (Å²) in [7, 11) is -3.24. The van der Waals surface area contributed by atoms with Gasteiger partial charge in [-0.2, -0.15) is 0 Å². The van der Waals surface area contributed by atoms with Crippen molar-refractivity contribution < 1.29 is 22.4 Å². The Morgan fingerprint density at radius 3 is 2.50 bits per heavy atom. The minimum atomic E-state index is -3.24. The zero-order valence-corrected chi connectivity index (χ0v) is 13.1. The number of furan rings is 1. The molecule has 2 aromatic rings. The molecule has 0 unspecified atom stereocenters. The zero-order valence-electron chi connectivity index (χ0n) is 12.3. The van der Waals surface area contributed by atoms with Crippen molar-refractivity contribution in [1.82, 2.24) is 5.32 Å². The van der Waals surface area contributed by atoms with Crippen LogP contribution in [0.1, 0.15) is 18.7 Å². The van der Waals surface area contributed by atoms with Crippen molar-refractivity contribution in [2.75, 3.05) is 12.9 Å². The molecule has 0 aliphatic heterocycles. The standard InChI is InChI=1S/C15H17NO5S/c1-11(14-4-3-9-20-14)16-15(17)10-21-12-5-7-13(8-6-12)22(2,18)19/h3-9,11H,10H2,1-2H3,(H,16,17)/t11-/m0/s1. The number of hydrogen-bond donors (Lipinski definition) is 1. The number of amides is 1. The van der Waals surface area contributed by atoms with Crippen LogP contribution in [0.3, 0.4) is 0 Å². The Morgan fingerprint density at radius 2 is 1.95 bits per heavy atom. The molecule has 0 fully saturated rings. The predicted molar refractivity (Wildman–Crippen MR) is 80.3 cm³/mol. The summed E-state index contributed by atoms with van der Waals surface area (Å²) in [6.45, 7) is 1.64. The Hall–Kier alpha value is -2.28. The van der Waals surface area contributed by atoms with E-state index in [1.165, 1.54) is 30.5 Å². The van der Waals surface area contributed by atoms with Gasteiger partial charge in [0.1, 0.15) is 11.5 Å². The van der Waals surface area contributed by atoms with Crippen LogP contribution >= 0.6 is 0 Å². The van der Waals surface area contributed by atoms with Gasteiger partial charge in [0.25, 0.3) is 5.91 Å². The summed E-state index contributed by atoms with van der Waals surface area (Å²) in [5.41, 5.74) is 0. The fourth-order valence-electron chi connectivity index (χ4n) is 1.82. The molecule has 6 nitrogen and oxygen atoms in total. The molecule has 1 aromatic heterocycles. The number of rotatable bonds is 6. The third-order valence-electron chi connectivity index (χ3n) is 2.97. The maximum Gasteiger partial charge on any atom is 0.258 e. The number of nitrogens with one attached hydrogen (secondary N) is 1. The topological polar surface area (TPSA) is 85.6 Å². The smallest absolute Gasteiger partial charge is 0.258 e. The third-order valence-corrected chi connectivity index (χ3v) is 4.10. The molecule has 1 aromatic carbocycles. The quantitative estimate of drug-likeness (QED) is 0.878. The van der Waals surface area contributed by atoms with Crippen LogP contribution in [0.15, 0.2) is 52.0 Å². The van der Waals surface area contributed by atoms with Crippen LogP contribution in [0.4, 0.5) is 0 Å². The van der Waals surface area contributed by atoms with Gasteiger partial charge in [-0.25, -0.2) is 8.42 Å². The van der Waals surface area contributed by atoms with E-state index in [0.29, 0.717) is 11.5 Å². The molecule has 7 heteroatoms. The van der Waals surface area contributed by atoms with E-state index >= 15 is 0 Å². The van der Waals surface area contributed by atoms with Crippen LogP contribution in [0.5, 0.6) is 5.75 Å². The molecule has 0 saturated heterocycles. The Labute approximate surface area is 129 Å². The van der Waals surface area contributed by atoms with Gasteiger partial charge in [-0.1, -0.05) is 0 Å².